The smallest absolute Gasteiger partial charge is 0.348 e. The van der Waals surface area contributed by atoms with E-state index >= 15 is 0 Å². The minimum Gasteiger partial charge on any atom is -0.348 e. The molecule has 6 heteroatoms. The average Bonchev–Trinajstić information content (AvgIpc) is 2.29. The lowest BCUT2D eigenvalue weighted by atomic mass is 10.2. The van der Waals surface area contributed by atoms with Gasteiger partial charge in [-0.05, 0) is 17.7 Å². The number of rotatable bonds is 3. The van der Waals surface area contributed by atoms with Crippen molar-refractivity contribution in [2.75, 3.05) is 0 Å². The van der Waals surface area contributed by atoms with E-state index in [1.54, 1.807) is 24.3 Å². The third-order valence-electron chi connectivity index (χ3n) is 1.57. The van der Waals surface area contributed by atoms with Crippen molar-refractivity contribution in [3.8, 4) is 6.07 Å². The summed E-state index contributed by atoms with van der Waals surface area (Å²) in [5.74, 6) is -0.347. The number of hydrogen-bond acceptors (Lipinski definition) is 3. The van der Waals surface area contributed by atoms with Crippen LogP contribution in [0.5, 0.6) is 0 Å². The molecule has 1 aromatic carbocycles. The van der Waals surface area contributed by atoms with Gasteiger partial charge in [-0.25, -0.2) is 5.26 Å². The van der Waals surface area contributed by atoms with Crippen molar-refractivity contribution < 1.29 is 4.84 Å². The third kappa shape index (κ3) is 3.43. The fraction of sp³-hybridized carbons (Fsp3) is 0.100. The zero-order valence-electron chi connectivity index (χ0n) is 7.94. The molecule has 0 N–H and O–H groups in total. The SMILES string of the molecule is [C-]#[N+]/C(C#N)=N\OCc1ccc(Cl)c(Cl)c1. The van der Waals surface area contributed by atoms with Gasteiger partial charge >= 0.3 is 5.84 Å². The van der Waals surface area contributed by atoms with E-state index in [1.807, 2.05) is 0 Å². The number of nitrogens with zero attached hydrogens (tertiary/aromatic N) is 3. The van der Waals surface area contributed by atoms with Crippen LogP contribution < -0.4 is 0 Å². The van der Waals surface area contributed by atoms with Crippen molar-refractivity contribution in [3.63, 3.8) is 0 Å². The molecule has 0 saturated heterocycles. The maximum atomic E-state index is 8.39. The molecular formula is C10H5Cl2N3O. The number of amidine groups is 1. The van der Waals surface area contributed by atoms with Gasteiger partial charge in [-0.15, -0.1) is 0 Å². The molecule has 4 nitrogen and oxygen atoms in total. The highest BCUT2D eigenvalue weighted by molar-refractivity contribution is 6.42. The van der Waals surface area contributed by atoms with Gasteiger partial charge in [-0.3, -0.25) is 0 Å². The molecule has 80 valence electrons. The molecule has 0 aromatic heterocycles. The molecule has 1 rings (SSSR count). The van der Waals surface area contributed by atoms with Crippen LogP contribution in [0, 0.1) is 17.9 Å². The van der Waals surface area contributed by atoms with Crippen molar-refractivity contribution >= 4 is 29.0 Å². The summed E-state index contributed by atoms with van der Waals surface area (Å²) in [7, 11) is 0. The van der Waals surface area contributed by atoms with Gasteiger partial charge in [-0.1, -0.05) is 35.8 Å². The van der Waals surface area contributed by atoms with Gasteiger partial charge in [0.15, 0.2) is 6.61 Å². The van der Waals surface area contributed by atoms with Crippen LogP contribution in [0.1, 0.15) is 5.56 Å². The van der Waals surface area contributed by atoms with Gasteiger partial charge in [0.2, 0.25) is 0 Å². The first-order chi connectivity index (χ1) is 7.67. The molecule has 0 fully saturated rings. The van der Waals surface area contributed by atoms with Gasteiger partial charge in [0, 0.05) is 0 Å². The van der Waals surface area contributed by atoms with Gasteiger partial charge in [0.05, 0.1) is 15.2 Å². The van der Waals surface area contributed by atoms with E-state index in [4.69, 9.17) is 39.9 Å². The van der Waals surface area contributed by atoms with E-state index in [0.29, 0.717) is 10.0 Å². The number of nitriles is 1. The lowest BCUT2D eigenvalue weighted by molar-refractivity contribution is 0.131. The van der Waals surface area contributed by atoms with Gasteiger partial charge in [0.1, 0.15) is 6.07 Å². The summed E-state index contributed by atoms with van der Waals surface area (Å²) in [5, 5.41) is 12.6. The predicted octanol–water partition coefficient (Wildman–Crippen LogP) is 3.27. The quantitative estimate of drug-likeness (QED) is 0.359. The fourth-order valence-corrected chi connectivity index (χ4v) is 1.18. The molecular weight excluding hydrogens is 249 g/mol. The van der Waals surface area contributed by atoms with Crippen LogP contribution in [0.2, 0.25) is 10.0 Å². The highest BCUT2D eigenvalue weighted by Gasteiger charge is 2.02. The lowest BCUT2D eigenvalue weighted by Gasteiger charge is -1.99. The zero-order valence-corrected chi connectivity index (χ0v) is 9.46. The predicted molar refractivity (Wildman–Crippen MR) is 60.9 cm³/mol. The standard InChI is InChI=1S/C10H5Cl2N3O/c1-14-10(5-13)15-16-6-7-2-3-8(11)9(12)4-7/h2-4H,6H2/b15-10-. The summed E-state index contributed by atoms with van der Waals surface area (Å²) < 4.78 is 0. The number of hydrogen-bond donors (Lipinski definition) is 0. The van der Waals surface area contributed by atoms with E-state index in [0.717, 1.165) is 5.56 Å². The summed E-state index contributed by atoms with van der Waals surface area (Å²) in [6.45, 7) is 6.68. The van der Waals surface area contributed by atoms with Gasteiger partial charge in [0.25, 0.3) is 0 Å². The Bertz CT molecular complexity index is 484. The third-order valence-corrected chi connectivity index (χ3v) is 2.31. The number of halogens is 2. The number of benzene rings is 1. The zero-order chi connectivity index (χ0) is 12.0. The first-order valence-electron chi connectivity index (χ1n) is 4.09. The van der Waals surface area contributed by atoms with Crippen molar-refractivity contribution in [1.29, 1.82) is 5.26 Å². The van der Waals surface area contributed by atoms with E-state index in [-0.39, 0.29) is 12.4 Å². The summed E-state index contributed by atoms with van der Waals surface area (Å²) in [4.78, 5) is 7.64. The Morgan fingerprint density at radius 2 is 2.25 bits per heavy atom. The van der Waals surface area contributed by atoms with E-state index < -0.39 is 0 Å². The van der Waals surface area contributed by atoms with Crippen molar-refractivity contribution in [2.24, 2.45) is 5.16 Å². The summed E-state index contributed by atoms with van der Waals surface area (Å²) >= 11 is 11.5. The largest absolute Gasteiger partial charge is 0.392 e. The van der Waals surface area contributed by atoms with Crippen LogP contribution in [-0.4, -0.2) is 5.84 Å². The Morgan fingerprint density at radius 1 is 1.50 bits per heavy atom. The first kappa shape index (κ1) is 12.3. The molecule has 0 aliphatic heterocycles. The van der Waals surface area contributed by atoms with Crippen LogP contribution in [0.4, 0.5) is 0 Å². The van der Waals surface area contributed by atoms with E-state index in [9.17, 15) is 0 Å². The van der Waals surface area contributed by atoms with Gasteiger partial charge in [-0.2, -0.15) is 0 Å². The number of oxime groups is 1. The molecule has 0 spiro atoms. The Labute approximate surface area is 102 Å². The molecule has 0 unspecified atom stereocenters. The Hall–Kier alpha value is -1.75. The molecule has 0 saturated carbocycles. The molecule has 1 aromatic rings. The summed E-state index contributed by atoms with van der Waals surface area (Å²) in [6.07, 6.45) is 0. The Kier molecular flexibility index (Phi) is 4.60. The second kappa shape index (κ2) is 5.97. The van der Waals surface area contributed by atoms with E-state index in [1.165, 1.54) is 0 Å². The van der Waals surface area contributed by atoms with Crippen LogP contribution in [0.25, 0.3) is 4.85 Å². The van der Waals surface area contributed by atoms with Crippen molar-refractivity contribution in [2.45, 2.75) is 6.61 Å². The Balaban J connectivity index is 2.63. The second-order valence-electron chi connectivity index (χ2n) is 2.66. The van der Waals surface area contributed by atoms with Crippen LogP contribution >= 0.6 is 23.2 Å². The molecule has 0 aliphatic rings. The summed E-state index contributed by atoms with van der Waals surface area (Å²) in [5.41, 5.74) is 0.750. The Morgan fingerprint density at radius 3 is 2.81 bits per heavy atom. The van der Waals surface area contributed by atoms with Crippen molar-refractivity contribution in [1.82, 2.24) is 0 Å². The molecule has 16 heavy (non-hydrogen) atoms. The first-order valence-corrected chi connectivity index (χ1v) is 4.84. The van der Waals surface area contributed by atoms with Crippen LogP contribution in [0.3, 0.4) is 0 Å². The molecule has 0 amide bonds. The summed E-state index contributed by atoms with van der Waals surface area (Å²) in [6, 6.07) is 6.56. The van der Waals surface area contributed by atoms with Crippen LogP contribution in [0.15, 0.2) is 23.4 Å². The monoisotopic (exact) mass is 253 g/mol. The van der Waals surface area contributed by atoms with Crippen molar-refractivity contribution in [3.05, 3.63) is 45.2 Å². The lowest BCUT2D eigenvalue weighted by Crippen LogP contribution is -1.91. The second-order valence-corrected chi connectivity index (χ2v) is 3.47. The maximum absolute atomic E-state index is 8.39. The highest BCUT2D eigenvalue weighted by atomic mass is 35.5. The molecule has 0 bridgehead atoms. The maximum Gasteiger partial charge on any atom is 0.392 e. The minimum atomic E-state index is -0.347. The highest BCUT2D eigenvalue weighted by Crippen LogP contribution is 2.22. The molecule has 0 aliphatic carbocycles. The normalized spacial score (nSPS) is 10.4. The molecule has 0 radical (unpaired) electrons. The fourth-order valence-electron chi connectivity index (χ4n) is 0.863. The topological polar surface area (TPSA) is 49.7 Å². The van der Waals surface area contributed by atoms with Gasteiger partial charge < -0.3 is 9.68 Å². The average molecular weight is 254 g/mol. The molecule has 0 atom stereocenters. The van der Waals surface area contributed by atoms with Crippen LogP contribution in [-0.2, 0) is 11.4 Å². The minimum absolute atomic E-state index is 0.123. The molecule has 0 heterocycles. The van der Waals surface area contributed by atoms with E-state index in [2.05, 4.69) is 10.0 Å².